The van der Waals surface area contributed by atoms with E-state index in [1.54, 1.807) is 19.2 Å². The minimum absolute atomic E-state index is 0.118. The van der Waals surface area contributed by atoms with Gasteiger partial charge < -0.3 is 0 Å². The van der Waals surface area contributed by atoms with Crippen molar-refractivity contribution in [2.24, 2.45) is 0 Å². The number of pyridine rings is 1. The SMILES string of the molecule is CC(=O)Cc1ccc(-c2ccncc2F)cc1. The van der Waals surface area contributed by atoms with Gasteiger partial charge in [0.2, 0.25) is 0 Å². The monoisotopic (exact) mass is 229 g/mol. The smallest absolute Gasteiger partial charge is 0.149 e. The summed E-state index contributed by atoms with van der Waals surface area (Å²) in [5.74, 6) is -0.223. The van der Waals surface area contributed by atoms with E-state index in [4.69, 9.17) is 0 Å². The Balaban J connectivity index is 2.30. The molecule has 0 aliphatic heterocycles. The van der Waals surface area contributed by atoms with E-state index >= 15 is 0 Å². The van der Waals surface area contributed by atoms with Crippen LogP contribution in [0.3, 0.4) is 0 Å². The summed E-state index contributed by atoms with van der Waals surface area (Å²) in [4.78, 5) is 14.7. The van der Waals surface area contributed by atoms with Crippen LogP contribution in [0.25, 0.3) is 11.1 Å². The first-order valence-corrected chi connectivity index (χ1v) is 5.35. The third-order valence-electron chi connectivity index (χ3n) is 2.49. The molecule has 0 radical (unpaired) electrons. The molecule has 0 saturated carbocycles. The number of rotatable bonds is 3. The molecule has 0 unspecified atom stereocenters. The van der Waals surface area contributed by atoms with Crippen molar-refractivity contribution in [2.75, 3.05) is 0 Å². The Kier molecular flexibility index (Phi) is 3.28. The molecule has 17 heavy (non-hydrogen) atoms. The second-order valence-electron chi connectivity index (χ2n) is 3.93. The standard InChI is InChI=1S/C14H12FNO/c1-10(17)8-11-2-4-12(5-3-11)13-6-7-16-9-14(13)15/h2-7,9H,8H2,1H3. The Morgan fingerprint density at radius 3 is 2.53 bits per heavy atom. The highest BCUT2D eigenvalue weighted by Gasteiger charge is 2.04. The van der Waals surface area contributed by atoms with Crippen LogP contribution in [0.4, 0.5) is 4.39 Å². The van der Waals surface area contributed by atoms with Crippen LogP contribution in [-0.4, -0.2) is 10.8 Å². The Morgan fingerprint density at radius 2 is 1.94 bits per heavy atom. The van der Waals surface area contributed by atoms with Gasteiger partial charge in [-0.15, -0.1) is 0 Å². The van der Waals surface area contributed by atoms with Crippen molar-refractivity contribution in [3.63, 3.8) is 0 Å². The normalized spacial score (nSPS) is 10.2. The topological polar surface area (TPSA) is 30.0 Å². The Morgan fingerprint density at radius 1 is 1.24 bits per heavy atom. The maximum absolute atomic E-state index is 13.5. The zero-order chi connectivity index (χ0) is 12.3. The molecule has 0 fully saturated rings. The lowest BCUT2D eigenvalue weighted by molar-refractivity contribution is -0.116. The lowest BCUT2D eigenvalue weighted by atomic mass is 10.0. The van der Waals surface area contributed by atoms with Crippen molar-refractivity contribution in [2.45, 2.75) is 13.3 Å². The molecule has 1 heterocycles. The van der Waals surface area contributed by atoms with Crippen molar-refractivity contribution < 1.29 is 9.18 Å². The predicted molar refractivity (Wildman–Crippen MR) is 64.0 cm³/mol. The molecule has 0 spiro atoms. The van der Waals surface area contributed by atoms with Crippen LogP contribution in [-0.2, 0) is 11.2 Å². The second kappa shape index (κ2) is 4.87. The van der Waals surface area contributed by atoms with Gasteiger partial charge in [-0.25, -0.2) is 4.39 Å². The summed E-state index contributed by atoms with van der Waals surface area (Å²) in [6.07, 6.45) is 3.17. The molecule has 0 atom stereocenters. The molecule has 86 valence electrons. The molecule has 0 aliphatic rings. The summed E-state index contributed by atoms with van der Waals surface area (Å²) in [7, 11) is 0. The van der Waals surface area contributed by atoms with Crippen LogP contribution in [0.2, 0.25) is 0 Å². The fraction of sp³-hybridized carbons (Fsp3) is 0.143. The number of carbonyl (C=O) groups is 1. The van der Waals surface area contributed by atoms with E-state index in [0.717, 1.165) is 11.1 Å². The summed E-state index contributed by atoms with van der Waals surface area (Å²) >= 11 is 0. The van der Waals surface area contributed by atoms with Crippen molar-refractivity contribution in [3.8, 4) is 11.1 Å². The van der Waals surface area contributed by atoms with Gasteiger partial charge in [-0.2, -0.15) is 0 Å². The van der Waals surface area contributed by atoms with Crippen LogP contribution in [0.15, 0.2) is 42.7 Å². The number of Topliss-reactive ketones (excluding diaryl/α,β-unsaturated/α-hetero) is 1. The Labute approximate surface area is 99.1 Å². The van der Waals surface area contributed by atoms with Crippen molar-refractivity contribution >= 4 is 5.78 Å². The fourth-order valence-electron chi connectivity index (χ4n) is 1.70. The molecule has 2 aromatic rings. The molecular weight excluding hydrogens is 217 g/mol. The largest absolute Gasteiger partial charge is 0.300 e. The highest BCUT2D eigenvalue weighted by atomic mass is 19.1. The van der Waals surface area contributed by atoms with Gasteiger partial charge in [0.25, 0.3) is 0 Å². The highest BCUT2D eigenvalue weighted by Crippen LogP contribution is 2.22. The van der Waals surface area contributed by atoms with Gasteiger partial charge in [0.15, 0.2) is 0 Å². The maximum Gasteiger partial charge on any atom is 0.149 e. The van der Waals surface area contributed by atoms with Gasteiger partial charge in [-0.3, -0.25) is 9.78 Å². The zero-order valence-corrected chi connectivity index (χ0v) is 9.48. The van der Waals surface area contributed by atoms with E-state index in [2.05, 4.69) is 4.98 Å². The molecule has 0 N–H and O–H groups in total. The first kappa shape index (κ1) is 11.5. The highest BCUT2D eigenvalue weighted by molar-refractivity contribution is 5.78. The molecule has 0 aliphatic carbocycles. The molecule has 3 heteroatoms. The summed E-state index contributed by atoms with van der Waals surface area (Å²) in [6.45, 7) is 1.55. The van der Waals surface area contributed by atoms with E-state index < -0.39 is 0 Å². The number of halogens is 1. The number of ketones is 1. The number of hydrogen-bond acceptors (Lipinski definition) is 2. The summed E-state index contributed by atoms with van der Waals surface area (Å²) in [5, 5.41) is 0. The zero-order valence-electron chi connectivity index (χ0n) is 9.48. The second-order valence-corrected chi connectivity index (χ2v) is 3.93. The molecule has 0 amide bonds. The lowest BCUT2D eigenvalue weighted by Gasteiger charge is -2.04. The number of carbonyl (C=O) groups excluding carboxylic acids is 1. The third kappa shape index (κ3) is 2.75. The van der Waals surface area contributed by atoms with Crippen molar-refractivity contribution in [3.05, 3.63) is 54.1 Å². The van der Waals surface area contributed by atoms with Crippen molar-refractivity contribution in [1.82, 2.24) is 4.98 Å². The van der Waals surface area contributed by atoms with Crippen LogP contribution in [0.1, 0.15) is 12.5 Å². The predicted octanol–water partition coefficient (Wildman–Crippen LogP) is 3.02. The quantitative estimate of drug-likeness (QED) is 0.809. The number of hydrogen-bond donors (Lipinski definition) is 0. The maximum atomic E-state index is 13.5. The number of nitrogens with zero attached hydrogens (tertiary/aromatic N) is 1. The fourth-order valence-corrected chi connectivity index (χ4v) is 1.70. The summed E-state index contributed by atoms with van der Waals surface area (Å²) < 4.78 is 13.5. The molecule has 1 aromatic carbocycles. The average molecular weight is 229 g/mol. The molecule has 2 nitrogen and oxygen atoms in total. The van der Waals surface area contributed by atoms with E-state index in [1.165, 1.54) is 6.20 Å². The first-order valence-electron chi connectivity index (χ1n) is 5.35. The van der Waals surface area contributed by atoms with Gasteiger partial charge in [0, 0.05) is 18.2 Å². The van der Waals surface area contributed by atoms with Gasteiger partial charge in [0.1, 0.15) is 11.6 Å². The lowest BCUT2D eigenvalue weighted by Crippen LogP contribution is -1.95. The van der Waals surface area contributed by atoms with Crippen molar-refractivity contribution in [1.29, 1.82) is 0 Å². The van der Waals surface area contributed by atoms with Crippen LogP contribution < -0.4 is 0 Å². The van der Waals surface area contributed by atoms with Gasteiger partial charge >= 0.3 is 0 Å². The Bertz CT molecular complexity index is 534. The molecular formula is C14H12FNO. The minimum atomic E-state index is -0.341. The molecule has 0 saturated heterocycles. The van der Waals surface area contributed by atoms with Crippen LogP contribution in [0.5, 0.6) is 0 Å². The molecule has 2 rings (SSSR count). The van der Waals surface area contributed by atoms with E-state index in [-0.39, 0.29) is 11.6 Å². The average Bonchev–Trinajstić information content (AvgIpc) is 2.30. The van der Waals surface area contributed by atoms with E-state index in [9.17, 15) is 9.18 Å². The summed E-state index contributed by atoms with van der Waals surface area (Å²) in [6, 6.07) is 8.95. The van der Waals surface area contributed by atoms with E-state index in [1.807, 2.05) is 24.3 Å². The summed E-state index contributed by atoms with van der Waals surface area (Å²) in [5.41, 5.74) is 2.25. The van der Waals surface area contributed by atoms with Crippen LogP contribution in [0, 0.1) is 5.82 Å². The van der Waals surface area contributed by atoms with Crippen LogP contribution >= 0.6 is 0 Å². The first-order chi connectivity index (χ1) is 8.16. The molecule has 0 bridgehead atoms. The third-order valence-corrected chi connectivity index (χ3v) is 2.49. The minimum Gasteiger partial charge on any atom is -0.300 e. The van der Waals surface area contributed by atoms with Gasteiger partial charge in [0.05, 0.1) is 6.20 Å². The number of benzene rings is 1. The number of aromatic nitrogens is 1. The van der Waals surface area contributed by atoms with Gasteiger partial charge in [-0.05, 0) is 24.1 Å². The molecule has 1 aromatic heterocycles. The Hall–Kier alpha value is -2.03. The van der Waals surface area contributed by atoms with Gasteiger partial charge in [-0.1, -0.05) is 24.3 Å². The van der Waals surface area contributed by atoms with E-state index in [0.29, 0.717) is 12.0 Å².